The molecule has 122 valence electrons. The van der Waals surface area contributed by atoms with Crippen LogP contribution in [0.1, 0.15) is 35.4 Å². The Hall–Kier alpha value is -1.86. The Morgan fingerprint density at radius 3 is 2.59 bits per heavy atom. The molecule has 2 rings (SSSR count). The molecule has 8 heteroatoms. The molecule has 1 aliphatic rings. The third-order valence-electron chi connectivity index (χ3n) is 3.66. The van der Waals surface area contributed by atoms with E-state index in [4.69, 9.17) is 0 Å². The van der Waals surface area contributed by atoms with Gasteiger partial charge in [-0.3, -0.25) is 4.79 Å². The van der Waals surface area contributed by atoms with Crippen molar-refractivity contribution in [3.05, 3.63) is 17.5 Å². The molecule has 1 aliphatic carbocycles. The van der Waals surface area contributed by atoms with E-state index in [2.05, 4.69) is 15.3 Å². The highest BCUT2D eigenvalue weighted by Crippen LogP contribution is 2.29. The summed E-state index contributed by atoms with van der Waals surface area (Å²) >= 11 is 0. The number of carbonyl (C=O) groups is 1. The van der Waals surface area contributed by atoms with E-state index < -0.39 is 18.6 Å². The van der Waals surface area contributed by atoms with Crippen LogP contribution in [0.25, 0.3) is 0 Å². The Morgan fingerprint density at radius 1 is 1.41 bits per heavy atom. The fourth-order valence-corrected chi connectivity index (χ4v) is 2.37. The number of nitrogens with one attached hydrogen (secondary N) is 1. The zero-order valence-electron chi connectivity index (χ0n) is 12.6. The molecular weight excluding hydrogens is 297 g/mol. The molecule has 1 amide bonds. The third kappa shape index (κ3) is 4.32. The first-order valence-corrected chi connectivity index (χ1v) is 7.18. The maximum atomic E-state index is 12.7. The molecule has 0 aromatic carbocycles. The van der Waals surface area contributed by atoms with Gasteiger partial charge in [-0.25, -0.2) is 9.97 Å². The minimum atomic E-state index is -4.42. The van der Waals surface area contributed by atoms with Crippen LogP contribution in [-0.4, -0.2) is 47.1 Å². The number of aryl methyl sites for hydroxylation is 1. The molecule has 1 heterocycles. The second kappa shape index (κ2) is 6.50. The monoisotopic (exact) mass is 316 g/mol. The minimum Gasteiger partial charge on any atom is -0.357 e. The van der Waals surface area contributed by atoms with Crippen molar-refractivity contribution in [2.75, 3.05) is 25.5 Å². The smallest absolute Gasteiger partial charge is 0.357 e. The van der Waals surface area contributed by atoms with E-state index in [1.807, 2.05) is 0 Å². The van der Waals surface area contributed by atoms with Gasteiger partial charge >= 0.3 is 6.18 Å². The predicted molar refractivity (Wildman–Crippen MR) is 75.6 cm³/mol. The third-order valence-corrected chi connectivity index (χ3v) is 3.66. The van der Waals surface area contributed by atoms with Gasteiger partial charge in [0.15, 0.2) is 0 Å². The Morgan fingerprint density at radius 2 is 2.09 bits per heavy atom. The topological polar surface area (TPSA) is 58.1 Å². The summed E-state index contributed by atoms with van der Waals surface area (Å²) in [5.74, 6) is -0.330. The van der Waals surface area contributed by atoms with Gasteiger partial charge in [-0.1, -0.05) is 6.42 Å². The predicted octanol–water partition coefficient (Wildman–Crippen LogP) is 2.63. The number of hydrogen-bond acceptors (Lipinski definition) is 4. The maximum Gasteiger partial charge on any atom is 0.406 e. The molecule has 0 spiro atoms. The number of halogens is 3. The molecule has 0 saturated heterocycles. The maximum absolute atomic E-state index is 12.7. The molecule has 22 heavy (non-hydrogen) atoms. The van der Waals surface area contributed by atoms with Crippen LogP contribution in [0.4, 0.5) is 19.1 Å². The lowest BCUT2D eigenvalue weighted by Crippen LogP contribution is -2.43. The summed E-state index contributed by atoms with van der Waals surface area (Å²) in [7, 11) is 1.59. The summed E-state index contributed by atoms with van der Waals surface area (Å²) < 4.78 is 38.2. The second-order valence-electron chi connectivity index (χ2n) is 5.57. The summed E-state index contributed by atoms with van der Waals surface area (Å²) in [6.07, 6.45) is -1.68. The number of anilines is 1. The molecule has 5 nitrogen and oxygen atoms in total. The molecular formula is C14H19F3N4O. The lowest BCUT2D eigenvalue weighted by atomic mass is 9.85. The van der Waals surface area contributed by atoms with Crippen LogP contribution in [0.3, 0.4) is 0 Å². The number of amides is 1. The van der Waals surface area contributed by atoms with E-state index in [1.54, 1.807) is 14.0 Å². The average molecular weight is 316 g/mol. The van der Waals surface area contributed by atoms with E-state index in [0.29, 0.717) is 5.69 Å². The van der Waals surface area contributed by atoms with Gasteiger partial charge in [-0.2, -0.15) is 13.2 Å². The van der Waals surface area contributed by atoms with Crippen molar-refractivity contribution in [1.82, 2.24) is 14.9 Å². The molecule has 1 N–H and O–H groups in total. The summed E-state index contributed by atoms with van der Waals surface area (Å²) in [5.41, 5.74) is 0.513. The second-order valence-corrected chi connectivity index (χ2v) is 5.57. The number of rotatable bonds is 5. The van der Waals surface area contributed by atoms with Crippen LogP contribution >= 0.6 is 0 Å². The van der Waals surface area contributed by atoms with Crippen LogP contribution in [0.2, 0.25) is 0 Å². The van der Waals surface area contributed by atoms with Crippen molar-refractivity contribution in [3.63, 3.8) is 0 Å². The van der Waals surface area contributed by atoms with Crippen LogP contribution < -0.4 is 5.32 Å². The first-order valence-electron chi connectivity index (χ1n) is 7.18. The lowest BCUT2D eigenvalue weighted by Gasteiger charge is -2.32. The van der Waals surface area contributed by atoms with Crippen molar-refractivity contribution < 1.29 is 18.0 Å². The molecule has 0 radical (unpaired) electrons. The number of hydrogen-bond donors (Lipinski definition) is 1. The van der Waals surface area contributed by atoms with Gasteiger partial charge in [0.1, 0.15) is 12.2 Å². The average Bonchev–Trinajstić information content (AvgIpc) is 2.38. The van der Waals surface area contributed by atoms with Crippen LogP contribution in [0.15, 0.2) is 6.07 Å². The molecule has 1 aromatic rings. The number of nitrogens with zero attached hydrogens (tertiary/aromatic N) is 3. The highest BCUT2D eigenvalue weighted by Gasteiger charge is 2.35. The highest BCUT2D eigenvalue weighted by atomic mass is 19.4. The van der Waals surface area contributed by atoms with E-state index in [1.165, 1.54) is 6.07 Å². The summed E-state index contributed by atoms with van der Waals surface area (Å²) in [5, 5.41) is 2.70. The molecule has 1 saturated carbocycles. The molecule has 0 unspecified atom stereocenters. The van der Waals surface area contributed by atoms with Crippen LogP contribution in [0.5, 0.6) is 0 Å². The van der Waals surface area contributed by atoms with Gasteiger partial charge in [0.2, 0.25) is 5.95 Å². The Labute approximate surface area is 126 Å². The van der Waals surface area contributed by atoms with Gasteiger partial charge in [0.25, 0.3) is 5.91 Å². The van der Waals surface area contributed by atoms with Crippen LogP contribution in [0, 0.1) is 12.8 Å². The van der Waals surface area contributed by atoms with Crippen molar-refractivity contribution >= 4 is 11.9 Å². The van der Waals surface area contributed by atoms with Crippen molar-refractivity contribution in [3.8, 4) is 0 Å². The summed E-state index contributed by atoms with van der Waals surface area (Å²) in [6, 6.07) is 1.41. The molecule has 0 atom stereocenters. The van der Waals surface area contributed by atoms with Gasteiger partial charge < -0.3 is 10.2 Å². The number of carbonyl (C=O) groups excluding carboxylic acids is 1. The Bertz CT molecular complexity index is 543. The number of alkyl halides is 3. The van der Waals surface area contributed by atoms with Gasteiger partial charge in [0.05, 0.1) is 0 Å². The summed E-state index contributed by atoms with van der Waals surface area (Å²) in [6.45, 7) is 0.538. The van der Waals surface area contributed by atoms with E-state index in [9.17, 15) is 18.0 Å². The molecule has 0 aliphatic heterocycles. The lowest BCUT2D eigenvalue weighted by molar-refractivity contribution is -0.142. The van der Waals surface area contributed by atoms with Gasteiger partial charge in [-0.15, -0.1) is 0 Å². The van der Waals surface area contributed by atoms with E-state index in [0.717, 1.165) is 24.2 Å². The SMILES string of the molecule is CNc1nc(C)cc(C(=O)N(CC2CCC2)CC(F)(F)F)n1. The number of aromatic nitrogens is 2. The fourth-order valence-electron chi connectivity index (χ4n) is 2.37. The zero-order valence-corrected chi connectivity index (χ0v) is 12.6. The highest BCUT2D eigenvalue weighted by molar-refractivity contribution is 5.92. The largest absolute Gasteiger partial charge is 0.406 e. The molecule has 1 fully saturated rings. The minimum absolute atomic E-state index is 0.0135. The first kappa shape index (κ1) is 16.5. The Balaban J connectivity index is 2.21. The van der Waals surface area contributed by atoms with Crippen LogP contribution in [-0.2, 0) is 0 Å². The first-order chi connectivity index (χ1) is 10.3. The standard InChI is InChI=1S/C14H19F3N4O/c1-9-6-11(20-13(18-2)19-9)12(22)21(8-14(15,16)17)7-10-4-3-5-10/h6,10H,3-5,7-8H2,1-2H3,(H,18,19,20). The quantitative estimate of drug-likeness (QED) is 0.907. The van der Waals surface area contributed by atoms with Gasteiger partial charge in [-0.05, 0) is 31.7 Å². The zero-order chi connectivity index (χ0) is 16.3. The van der Waals surface area contributed by atoms with Gasteiger partial charge in [0, 0.05) is 19.3 Å². The van der Waals surface area contributed by atoms with E-state index in [-0.39, 0.29) is 24.1 Å². The molecule has 0 bridgehead atoms. The molecule has 1 aromatic heterocycles. The van der Waals surface area contributed by atoms with Crippen molar-refractivity contribution in [1.29, 1.82) is 0 Å². The summed E-state index contributed by atoms with van der Waals surface area (Å²) in [4.78, 5) is 21.3. The fraction of sp³-hybridized carbons (Fsp3) is 0.643. The van der Waals surface area contributed by atoms with Crippen molar-refractivity contribution in [2.45, 2.75) is 32.4 Å². The Kier molecular flexibility index (Phi) is 4.87. The normalized spacial score (nSPS) is 15.3. The van der Waals surface area contributed by atoms with Crippen molar-refractivity contribution in [2.24, 2.45) is 5.92 Å². The van der Waals surface area contributed by atoms with E-state index >= 15 is 0 Å².